The van der Waals surface area contributed by atoms with E-state index in [1.54, 1.807) is 12.1 Å². The molecule has 0 aromatic heterocycles. The highest BCUT2D eigenvalue weighted by Gasteiger charge is 2.15. The Balaban J connectivity index is 2.32. The number of benzene rings is 2. The number of ether oxygens (including phenoxy) is 1. The minimum absolute atomic E-state index is 0.136. The van der Waals surface area contributed by atoms with Crippen LogP contribution in [0.5, 0.6) is 5.75 Å². The van der Waals surface area contributed by atoms with Gasteiger partial charge in [0.2, 0.25) is 5.78 Å². The summed E-state index contributed by atoms with van der Waals surface area (Å²) in [5.74, 6) is 4.93. The standard InChI is InChI=1S/C16H11NO4/c1-21-16-11-13(17(19)20)8-9-14(16)15(18)10-7-12-5-3-2-4-6-12/h2-6,8-9,11H,1H3. The molecule has 104 valence electrons. The second-order valence-corrected chi connectivity index (χ2v) is 4.09. The smallest absolute Gasteiger partial charge is 0.273 e. The molecule has 2 aromatic rings. The molecule has 0 radical (unpaired) electrons. The second-order valence-electron chi connectivity index (χ2n) is 4.09. The highest BCUT2D eigenvalue weighted by atomic mass is 16.6. The summed E-state index contributed by atoms with van der Waals surface area (Å²) in [5.41, 5.74) is 0.776. The fourth-order valence-corrected chi connectivity index (χ4v) is 1.70. The number of nitro benzene ring substituents is 1. The minimum atomic E-state index is -0.549. The molecule has 0 aliphatic carbocycles. The molecule has 0 saturated carbocycles. The van der Waals surface area contributed by atoms with Crippen molar-refractivity contribution in [3.05, 3.63) is 69.8 Å². The van der Waals surface area contributed by atoms with Crippen LogP contribution >= 0.6 is 0 Å². The van der Waals surface area contributed by atoms with Crippen molar-refractivity contribution in [3.8, 4) is 17.6 Å². The Bertz CT molecular complexity index is 742. The number of carbonyl (C=O) groups excluding carboxylic acids is 1. The van der Waals surface area contributed by atoms with Crippen LogP contribution in [0.2, 0.25) is 0 Å². The first-order valence-corrected chi connectivity index (χ1v) is 6.05. The van der Waals surface area contributed by atoms with E-state index in [-0.39, 0.29) is 17.0 Å². The first kappa shape index (κ1) is 14.3. The predicted octanol–water partition coefficient (Wildman–Crippen LogP) is 2.84. The van der Waals surface area contributed by atoms with Crippen LogP contribution in [0.4, 0.5) is 5.69 Å². The number of methoxy groups -OCH3 is 1. The van der Waals surface area contributed by atoms with Gasteiger partial charge in [0.05, 0.1) is 23.7 Å². The molecular formula is C16H11NO4. The minimum Gasteiger partial charge on any atom is -0.496 e. The van der Waals surface area contributed by atoms with E-state index in [2.05, 4.69) is 11.8 Å². The van der Waals surface area contributed by atoms with Gasteiger partial charge in [0.15, 0.2) is 0 Å². The number of nitrogens with zero attached hydrogens (tertiary/aromatic N) is 1. The number of rotatable bonds is 3. The number of carbonyl (C=O) groups is 1. The molecule has 2 rings (SSSR count). The fraction of sp³-hybridized carbons (Fsp3) is 0.0625. The molecule has 0 heterocycles. The summed E-state index contributed by atoms with van der Waals surface area (Å²) in [4.78, 5) is 22.2. The van der Waals surface area contributed by atoms with Crippen molar-refractivity contribution in [1.82, 2.24) is 0 Å². The number of Topliss-reactive ketones (excluding diaryl/α,β-unsaturated/α-hetero) is 1. The van der Waals surface area contributed by atoms with E-state index < -0.39 is 10.7 Å². The summed E-state index contributed by atoms with van der Waals surface area (Å²) >= 11 is 0. The Hall–Kier alpha value is -3.13. The summed E-state index contributed by atoms with van der Waals surface area (Å²) < 4.78 is 5.02. The summed E-state index contributed by atoms with van der Waals surface area (Å²) in [5, 5.41) is 10.7. The van der Waals surface area contributed by atoms with Crippen molar-refractivity contribution < 1.29 is 14.5 Å². The maximum absolute atomic E-state index is 12.1. The van der Waals surface area contributed by atoms with Gasteiger partial charge in [-0.15, -0.1) is 0 Å². The Kier molecular flexibility index (Phi) is 4.32. The molecule has 2 aromatic carbocycles. The van der Waals surface area contributed by atoms with Gasteiger partial charge in [0.25, 0.3) is 5.69 Å². The summed E-state index contributed by atoms with van der Waals surface area (Å²) in [6.45, 7) is 0. The molecule has 0 atom stereocenters. The lowest BCUT2D eigenvalue weighted by molar-refractivity contribution is -0.384. The SMILES string of the molecule is COc1cc([N+](=O)[O-])ccc1C(=O)C#Cc1ccccc1. The molecule has 0 unspecified atom stereocenters. The quantitative estimate of drug-likeness (QED) is 0.375. The lowest BCUT2D eigenvalue weighted by Crippen LogP contribution is -2.00. The zero-order valence-electron chi connectivity index (χ0n) is 11.2. The van der Waals surface area contributed by atoms with E-state index in [4.69, 9.17) is 4.74 Å². The highest BCUT2D eigenvalue weighted by Crippen LogP contribution is 2.24. The number of nitro groups is 1. The zero-order chi connectivity index (χ0) is 15.2. The molecule has 5 nitrogen and oxygen atoms in total. The van der Waals surface area contributed by atoms with Crippen LogP contribution in [0, 0.1) is 22.0 Å². The first-order chi connectivity index (χ1) is 10.1. The van der Waals surface area contributed by atoms with Crippen molar-refractivity contribution >= 4 is 11.5 Å². The van der Waals surface area contributed by atoms with Crippen LogP contribution < -0.4 is 4.74 Å². The molecule has 0 N–H and O–H groups in total. The van der Waals surface area contributed by atoms with Crippen molar-refractivity contribution in [2.75, 3.05) is 7.11 Å². The molecule has 5 heteroatoms. The van der Waals surface area contributed by atoms with E-state index >= 15 is 0 Å². The molecule has 0 saturated heterocycles. The number of hydrogen-bond donors (Lipinski definition) is 0. The van der Waals surface area contributed by atoms with Crippen LogP contribution in [0.3, 0.4) is 0 Å². The lowest BCUT2D eigenvalue weighted by atomic mass is 10.1. The summed E-state index contributed by atoms with van der Waals surface area (Å²) in [7, 11) is 1.35. The Morgan fingerprint density at radius 2 is 1.90 bits per heavy atom. The van der Waals surface area contributed by atoms with Crippen LogP contribution in [-0.2, 0) is 0 Å². The summed E-state index contributed by atoms with van der Waals surface area (Å²) in [6.07, 6.45) is 0. The molecule has 0 spiro atoms. The second kappa shape index (κ2) is 6.35. The first-order valence-electron chi connectivity index (χ1n) is 6.05. The molecule has 0 aliphatic rings. The number of non-ortho nitro benzene ring substituents is 1. The topological polar surface area (TPSA) is 69.4 Å². The van der Waals surface area contributed by atoms with E-state index in [9.17, 15) is 14.9 Å². The molecule has 21 heavy (non-hydrogen) atoms. The average Bonchev–Trinajstić information content (AvgIpc) is 2.52. The fourth-order valence-electron chi connectivity index (χ4n) is 1.70. The highest BCUT2D eigenvalue weighted by molar-refractivity contribution is 6.11. The van der Waals surface area contributed by atoms with Crippen LogP contribution in [0.1, 0.15) is 15.9 Å². The van der Waals surface area contributed by atoms with Gasteiger partial charge in [-0.3, -0.25) is 14.9 Å². The summed E-state index contributed by atoms with van der Waals surface area (Å²) in [6, 6.07) is 12.9. The largest absolute Gasteiger partial charge is 0.496 e. The van der Waals surface area contributed by atoms with Crippen molar-refractivity contribution in [3.63, 3.8) is 0 Å². The molecular weight excluding hydrogens is 270 g/mol. The van der Waals surface area contributed by atoms with E-state index in [1.807, 2.05) is 18.2 Å². The molecule has 0 aliphatic heterocycles. The van der Waals surface area contributed by atoms with Gasteiger partial charge in [-0.25, -0.2) is 0 Å². The van der Waals surface area contributed by atoms with Gasteiger partial charge >= 0.3 is 0 Å². The third-order valence-electron chi connectivity index (χ3n) is 2.73. The molecule has 0 fully saturated rings. The van der Waals surface area contributed by atoms with Crippen molar-refractivity contribution in [2.45, 2.75) is 0 Å². The maximum Gasteiger partial charge on any atom is 0.273 e. The number of ketones is 1. The van der Waals surface area contributed by atoms with Crippen molar-refractivity contribution in [1.29, 1.82) is 0 Å². The van der Waals surface area contributed by atoms with Crippen LogP contribution in [0.15, 0.2) is 48.5 Å². The third kappa shape index (κ3) is 3.45. The monoisotopic (exact) mass is 281 g/mol. The Morgan fingerprint density at radius 3 is 2.52 bits per heavy atom. The van der Waals surface area contributed by atoms with Gasteiger partial charge in [-0.05, 0) is 24.1 Å². The van der Waals surface area contributed by atoms with Gasteiger partial charge in [-0.1, -0.05) is 24.1 Å². The van der Waals surface area contributed by atoms with Crippen LogP contribution in [0.25, 0.3) is 0 Å². The van der Waals surface area contributed by atoms with E-state index in [0.29, 0.717) is 5.56 Å². The average molecular weight is 281 g/mol. The zero-order valence-corrected chi connectivity index (χ0v) is 11.2. The normalized spacial score (nSPS) is 9.38. The third-order valence-corrected chi connectivity index (χ3v) is 2.73. The van der Waals surface area contributed by atoms with Crippen LogP contribution in [-0.4, -0.2) is 17.8 Å². The predicted molar refractivity (Wildman–Crippen MR) is 77.3 cm³/mol. The van der Waals surface area contributed by atoms with Gasteiger partial charge in [-0.2, -0.15) is 0 Å². The molecule has 0 amide bonds. The number of hydrogen-bond acceptors (Lipinski definition) is 4. The molecule has 0 bridgehead atoms. The van der Waals surface area contributed by atoms with E-state index in [0.717, 1.165) is 0 Å². The van der Waals surface area contributed by atoms with Crippen molar-refractivity contribution in [2.24, 2.45) is 0 Å². The van der Waals surface area contributed by atoms with Gasteiger partial charge < -0.3 is 4.74 Å². The Morgan fingerprint density at radius 1 is 1.19 bits per heavy atom. The van der Waals surface area contributed by atoms with Gasteiger partial charge in [0.1, 0.15) is 5.75 Å². The van der Waals surface area contributed by atoms with E-state index in [1.165, 1.54) is 25.3 Å². The maximum atomic E-state index is 12.1. The Labute approximate surface area is 121 Å². The van der Waals surface area contributed by atoms with Gasteiger partial charge in [0, 0.05) is 11.6 Å². The lowest BCUT2D eigenvalue weighted by Gasteiger charge is -2.04.